The molecule has 0 aliphatic heterocycles. The van der Waals surface area contributed by atoms with Gasteiger partial charge in [-0.15, -0.1) is 23.1 Å². The van der Waals surface area contributed by atoms with Crippen LogP contribution in [0.2, 0.25) is 0 Å². The van der Waals surface area contributed by atoms with Crippen molar-refractivity contribution >= 4 is 51.6 Å². The van der Waals surface area contributed by atoms with Gasteiger partial charge in [-0.1, -0.05) is 61.0 Å². The number of carbonyl (C=O) groups is 3. The van der Waals surface area contributed by atoms with Gasteiger partial charge in [-0.05, 0) is 49.2 Å². The van der Waals surface area contributed by atoms with Gasteiger partial charge in [0.1, 0.15) is 16.3 Å². The zero-order valence-corrected chi connectivity index (χ0v) is 24.1. The summed E-state index contributed by atoms with van der Waals surface area (Å²) in [5.41, 5.74) is 3.65. The molecule has 0 aliphatic rings. The second-order valence-corrected chi connectivity index (χ2v) is 11.0. The monoisotopic (exact) mass is 574 g/mol. The summed E-state index contributed by atoms with van der Waals surface area (Å²) >= 11 is 2.68. The van der Waals surface area contributed by atoms with Crippen molar-refractivity contribution in [3.63, 3.8) is 0 Å². The highest BCUT2D eigenvalue weighted by Crippen LogP contribution is 2.37. The normalized spacial score (nSPS) is 11.4. The number of hydrogen-bond acceptors (Lipinski definition) is 7. The summed E-state index contributed by atoms with van der Waals surface area (Å²) in [6, 6.07) is 24.3. The molecule has 9 heteroatoms. The van der Waals surface area contributed by atoms with E-state index in [1.54, 1.807) is 18.2 Å². The number of ether oxygens (including phenoxy) is 2. The molecular weight excluding hydrogens is 544 g/mol. The van der Waals surface area contributed by atoms with E-state index in [1.807, 2.05) is 79.9 Å². The molecule has 1 atom stereocenters. The smallest absolute Gasteiger partial charge is 0.341 e. The van der Waals surface area contributed by atoms with Crippen molar-refractivity contribution in [3.05, 3.63) is 95.4 Å². The summed E-state index contributed by atoms with van der Waals surface area (Å²) in [6.07, 6.45) is 0.557. The van der Waals surface area contributed by atoms with Crippen molar-refractivity contribution in [2.45, 2.75) is 30.4 Å². The van der Waals surface area contributed by atoms with Gasteiger partial charge in [0, 0.05) is 21.5 Å². The molecular formula is C31H30N2O5S2. The summed E-state index contributed by atoms with van der Waals surface area (Å²) in [7, 11) is 1.33. The van der Waals surface area contributed by atoms with Gasteiger partial charge in [0.05, 0.1) is 12.4 Å². The molecule has 0 saturated heterocycles. The van der Waals surface area contributed by atoms with Crippen LogP contribution in [0, 0.1) is 6.92 Å². The van der Waals surface area contributed by atoms with Gasteiger partial charge in [0.25, 0.3) is 5.91 Å². The molecule has 4 rings (SSSR count). The lowest BCUT2D eigenvalue weighted by Gasteiger charge is -2.16. The molecule has 0 fully saturated rings. The Morgan fingerprint density at radius 1 is 0.950 bits per heavy atom. The number of thioether (sulfide) groups is 1. The van der Waals surface area contributed by atoms with Crippen molar-refractivity contribution < 1.29 is 23.9 Å². The first-order valence-electron chi connectivity index (χ1n) is 12.7. The van der Waals surface area contributed by atoms with Gasteiger partial charge >= 0.3 is 5.97 Å². The number of esters is 1. The molecule has 7 nitrogen and oxygen atoms in total. The maximum Gasteiger partial charge on any atom is 0.341 e. The molecule has 0 bridgehead atoms. The van der Waals surface area contributed by atoms with Crippen molar-refractivity contribution in [3.8, 4) is 16.9 Å². The van der Waals surface area contributed by atoms with Gasteiger partial charge in [-0.2, -0.15) is 0 Å². The van der Waals surface area contributed by atoms with Crippen LogP contribution in [-0.4, -0.2) is 36.8 Å². The summed E-state index contributed by atoms with van der Waals surface area (Å²) < 4.78 is 10.5. The van der Waals surface area contributed by atoms with Crippen molar-refractivity contribution in [1.29, 1.82) is 0 Å². The van der Waals surface area contributed by atoms with E-state index in [4.69, 9.17) is 9.47 Å². The van der Waals surface area contributed by atoms with Crippen LogP contribution in [0.3, 0.4) is 0 Å². The highest BCUT2D eigenvalue weighted by molar-refractivity contribution is 8.00. The maximum atomic E-state index is 13.3. The fourth-order valence-electron chi connectivity index (χ4n) is 3.89. The number of aryl methyl sites for hydroxylation is 1. The molecule has 0 aliphatic carbocycles. The predicted octanol–water partition coefficient (Wildman–Crippen LogP) is 7.04. The molecule has 0 saturated carbocycles. The van der Waals surface area contributed by atoms with Crippen LogP contribution in [0.1, 0.15) is 29.3 Å². The number of thiophene rings is 1. The van der Waals surface area contributed by atoms with Crippen LogP contribution >= 0.6 is 23.1 Å². The summed E-state index contributed by atoms with van der Waals surface area (Å²) in [5, 5.41) is 7.66. The molecule has 206 valence electrons. The highest BCUT2D eigenvalue weighted by Gasteiger charge is 2.25. The average molecular weight is 575 g/mol. The fourth-order valence-corrected chi connectivity index (χ4v) is 5.86. The molecule has 1 heterocycles. The zero-order valence-electron chi connectivity index (χ0n) is 22.4. The number of carbonyl (C=O) groups excluding carboxylic acids is 3. The van der Waals surface area contributed by atoms with Crippen molar-refractivity contribution in [2.75, 3.05) is 24.4 Å². The van der Waals surface area contributed by atoms with Crippen LogP contribution in [0.15, 0.2) is 89.1 Å². The Labute approximate surface area is 241 Å². The first kappa shape index (κ1) is 28.9. The van der Waals surface area contributed by atoms with E-state index in [0.29, 0.717) is 34.0 Å². The topological polar surface area (TPSA) is 93.7 Å². The Bertz CT molecular complexity index is 1470. The standard InChI is InChI=1S/C31H30N2O5S2/c1-4-26(40-24-12-8-9-22(17-24)32-27(34)18-38-23-10-6-5-7-11-23)29(35)33-30-28(31(36)37-3)25(19-39-30)21-15-13-20(2)14-16-21/h5-17,19,26H,4,18H2,1-3H3,(H,32,34)(H,33,35). The molecule has 2 N–H and O–H groups in total. The van der Waals surface area contributed by atoms with Crippen LogP contribution in [0.25, 0.3) is 11.1 Å². The van der Waals surface area contributed by atoms with E-state index in [2.05, 4.69) is 10.6 Å². The molecule has 3 aromatic carbocycles. The van der Waals surface area contributed by atoms with E-state index in [0.717, 1.165) is 16.0 Å². The number of benzene rings is 3. The zero-order chi connectivity index (χ0) is 28.5. The second-order valence-electron chi connectivity index (χ2n) is 8.89. The van der Waals surface area contributed by atoms with Gasteiger partial charge < -0.3 is 20.1 Å². The minimum atomic E-state index is -0.507. The number of methoxy groups -OCH3 is 1. The molecule has 1 aromatic heterocycles. The van der Waals surface area contributed by atoms with Crippen LogP contribution in [-0.2, 0) is 14.3 Å². The minimum absolute atomic E-state index is 0.116. The van der Waals surface area contributed by atoms with E-state index in [1.165, 1.54) is 30.2 Å². The van der Waals surface area contributed by atoms with Gasteiger partial charge in [0.15, 0.2) is 6.61 Å². The van der Waals surface area contributed by atoms with Gasteiger partial charge in [-0.25, -0.2) is 4.79 Å². The highest BCUT2D eigenvalue weighted by atomic mass is 32.2. The number of anilines is 2. The quantitative estimate of drug-likeness (QED) is 0.147. The van der Waals surface area contributed by atoms with Crippen LogP contribution in [0.4, 0.5) is 10.7 Å². The Morgan fingerprint density at radius 2 is 1.70 bits per heavy atom. The lowest BCUT2D eigenvalue weighted by molar-refractivity contribution is -0.118. The average Bonchev–Trinajstić information content (AvgIpc) is 3.38. The first-order valence-corrected chi connectivity index (χ1v) is 14.5. The van der Waals surface area contributed by atoms with Gasteiger partial charge in [-0.3, -0.25) is 9.59 Å². The first-order chi connectivity index (χ1) is 19.4. The number of amides is 2. The Balaban J connectivity index is 1.43. The number of nitrogens with one attached hydrogen (secondary N) is 2. The predicted molar refractivity (Wildman–Crippen MR) is 161 cm³/mol. The Kier molecular flexibility index (Phi) is 9.99. The molecule has 4 aromatic rings. The van der Waals surface area contributed by atoms with Crippen molar-refractivity contribution in [2.24, 2.45) is 0 Å². The van der Waals surface area contributed by atoms with E-state index in [9.17, 15) is 14.4 Å². The molecule has 0 spiro atoms. The minimum Gasteiger partial charge on any atom is -0.484 e. The molecule has 40 heavy (non-hydrogen) atoms. The number of hydrogen-bond donors (Lipinski definition) is 2. The van der Waals surface area contributed by atoms with E-state index >= 15 is 0 Å². The second kappa shape index (κ2) is 13.8. The van der Waals surface area contributed by atoms with E-state index < -0.39 is 11.2 Å². The van der Waals surface area contributed by atoms with Gasteiger partial charge in [0.2, 0.25) is 5.91 Å². The largest absolute Gasteiger partial charge is 0.484 e. The number of para-hydroxylation sites is 1. The Hall–Kier alpha value is -4.08. The summed E-state index contributed by atoms with van der Waals surface area (Å²) in [6.45, 7) is 3.81. The Morgan fingerprint density at radius 3 is 2.40 bits per heavy atom. The molecule has 2 amide bonds. The maximum absolute atomic E-state index is 13.3. The lowest BCUT2D eigenvalue weighted by Crippen LogP contribution is -2.25. The third-order valence-electron chi connectivity index (χ3n) is 5.95. The fraction of sp³-hybridized carbons (Fsp3) is 0.194. The molecule has 0 radical (unpaired) electrons. The third kappa shape index (κ3) is 7.52. The van der Waals surface area contributed by atoms with Crippen LogP contribution in [0.5, 0.6) is 5.75 Å². The summed E-state index contributed by atoms with van der Waals surface area (Å²) in [4.78, 5) is 39.2. The van der Waals surface area contributed by atoms with Crippen LogP contribution < -0.4 is 15.4 Å². The summed E-state index contributed by atoms with van der Waals surface area (Å²) in [5.74, 6) is -0.396. The molecule has 1 unspecified atom stereocenters. The van der Waals surface area contributed by atoms with Crippen molar-refractivity contribution in [1.82, 2.24) is 0 Å². The SMILES string of the molecule is CCC(Sc1cccc(NC(=O)COc2ccccc2)c1)C(=O)Nc1scc(-c2ccc(C)cc2)c1C(=O)OC. The van der Waals surface area contributed by atoms with E-state index in [-0.39, 0.29) is 18.4 Å². The lowest BCUT2D eigenvalue weighted by atomic mass is 10.0. The third-order valence-corrected chi connectivity index (χ3v) is 8.21. The number of rotatable bonds is 11.